The Kier molecular flexibility index (Phi) is 6.77. The monoisotopic (exact) mass is 393 g/mol. The summed E-state index contributed by atoms with van der Waals surface area (Å²) in [6.45, 7) is 2.92. The van der Waals surface area contributed by atoms with Gasteiger partial charge in [-0.1, -0.05) is 40.9 Å². The Labute approximate surface area is 161 Å². The molecule has 0 unspecified atom stereocenters. The summed E-state index contributed by atoms with van der Waals surface area (Å²) < 4.78 is 4.93. The number of esters is 1. The Hall–Kier alpha value is -2.37. The van der Waals surface area contributed by atoms with Gasteiger partial charge in [0.05, 0.1) is 10.6 Å². The minimum atomic E-state index is -0.720. The van der Waals surface area contributed by atoms with Gasteiger partial charge < -0.3 is 10.1 Å². The number of Topliss-reactive ketones (excluding diaryl/α,β-unsaturated/α-hetero) is 1. The van der Waals surface area contributed by atoms with E-state index in [1.54, 1.807) is 6.07 Å². The van der Waals surface area contributed by atoms with E-state index in [0.29, 0.717) is 10.6 Å². The smallest absolute Gasteiger partial charge is 0.325 e. The van der Waals surface area contributed by atoms with Gasteiger partial charge in [-0.15, -0.1) is 0 Å². The maximum atomic E-state index is 12.2. The molecule has 0 spiro atoms. The van der Waals surface area contributed by atoms with E-state index in [1.807, 2.05) is 26.0 Å². The summed E-state index contributed by atoms with van der Waals surface area (Å²) in [5, 5.41) is 2.96. The minimum absolute atomic E-state index is 0.175. The summed E-state index contributed by atoms with van der Waals surface area (Å²) in [6, 6.07) is 9.88. The van der Waals surface area contributed by atoms with Gasteiger partial charge in [-0.05, 0) is 43.7 Å². The molecular formula is C19H17Cl2NO4. The van der Waals surface area contributed by atoms with Crippen LogP contribution in [0.25, 0.3) is 0 Å². The lowest BCUT2D eigenvalue weighted by Crippen LogP contribution is -2.31. The van der Waals surface area contributed by atoms with Crippen LogP contribution in [-0.2, 0) is 9.53 Å². The molecule has 0 saturated heterocycles. The number of halogens is 2. The normalized spacial score (nSPS) is 10.3. The number of rotatable bonds is 6. The lowest BCUT2D eigenvalue weighted by atomic mass is 10.0. The van der Waals surface area contributed by atoms with Crippen LogP contribution in [0, 0.1) is 13.8 Å². The highest BCUT2D eigenvalue weighted by atomic mass is 35.5. The number of ketones is 1. The average molecular weight is 394 g/mol. The number of amides is 1. The Morgan fingerprint density at radius 2 is 1.73 bits per heavy atom. The second-order valence-electron chi connectivity index (χ2n) is 5.71. The molecule has 7 heteroatoms. The molecule has 0 aliphatic rings. The third-order valence-electron chi connectivity index (χ3n) is 3.63. The molecule has 0 atom stereocenters. The largest absolute Gasteiger partial charge is 0.456 e. The number of benzene rings is 2. The molecule has 0 fully saturated rings. The highest BCUT2D eigenvalue weighted by molar-refractivity contribution is 6.36. The zero-order chi connectivity index (χ0) is 19.3. The Balaban J connectivity index is 1.86. The highest BCUT2D eigenvalue weighted by Crippen LogP contribution is 2.20. The van der Waals surface area contributed by atoms with Crippen LogP contribution in [0.4, 0.5) is 0 Å². The van der Waals surface area contributed by atoms with E-state index >= 15 is 0 Å². The van der Waals surface area contributed by atoms with Crippen molar-refractivity contribution in [3.63, 3.8) is 0 Å². The first kappa shape index (κ1) is 19.9. The van der Waals surface area contributed by atoms with Crippen LogP contribution < -0.4 is 5.32 Å². The predicted octanol–water partition coefficient (Wildman–Crippen LogP) is 3.77. The average Bonchev–Trinajstić information content (AvgIpc) is 2.59. The number of aryl methyl sites for hydroxylation is 2. The second-order valence-corrected chi connectivity index (χ2v) is 6.55. The van der Waals surface area contributed by atoms with Crippen LogP contribution in [0.3, 0.4) is 0 Å². The zero-order valence-electron chi connectivity index (χ0n) is 14.3. The van der Waals surface area contributed by atoms with Gasteiger partial charge in [0.2, 0.25) is 5.78 Å². The summed E-state index contributed by atoms with van der Waals surface area (Å²) >= 11 is 11.7. The molecule has 5 nitrogen and oxygen atoms in total. The van der Waals surface area contributed by atoms with Crippen LogP contribution in [-0.4, -0.2) is 30.8 Å². The summed E-state index contributed by atoms with van der Waals surface area (Å²) in [4.78, 5) is 35.9. The van der Waals surface area contributed by atoms with Gasteiger partial charge in [-0.2, -0.15) is 0 Å². The number of ether oxygens (including phenoxy) is 1. The van der Waals surface area contributed by atoms with E-state index in [9.17, 15) is 14.4 Å². The van der Waals surface area contributed by atoms with Gasteiger partial charge in [0.15, 0.2) is 6.61 Å². The van der Waals surface area contributed by atoms with Crippen molar-refractivity contribution in [3.05, 3.63) is 68.7 Å². The minimum Gasteiger partial charge on any atom is -0.456 e. The SMILES string of the molecule is Cc1ccc(C)c(C(=O)COC(=O)CNC(=O)c2ccc(Cl)cc2Cl)c1. The zero-order valence-corrected chi connectivity index (χ0v) is 15.8. The highest BCUT2D eigenvalue weighted by Gasteiger charge is 2.15. The number of hydrogen-bond acceptors (Lipinski definition) is 4. The van der Waals surface area contributed by atoms with Gasteiger partial charge in [0.25, 0.3) is 5.91 Å². The van der Waals surface area contributed by atoms with Crippen molar-refractivity contribution in [1.29, 1.82) is 0 Å². The van der Waals surface area contributed by atoms with Crippen LogP contribution >= 0.6 is 23.2 Å². The summed E-state index contributed by atoms with van der Waals surface area (Å²) in [6.07, 6.45) is 0. The van der Waals surface area contributed by atoms with Gasteiger partial charge in [-0.3, -0.25) is 14.4 Å². The van der Waals surface area contributed by atoms with Gasteiger partial charge in [0, 0.05) is 10.6 Å². The molecule has 1 amide bonds. The topological polar surface area (TPSA) is 72.5 Å². The van der Waals surface area contributed by atoms with E-state index in [1.165, 1.54) is 18.2 Å². The fourth-order valence-corrected chi connectivity index (χ4v) is 2.73. The molecule has 0 aliphatic heterocycles. The Bertz CT molecular complexity index is 865. The number of nitrogens with one attached hydrogen (secondary N) is 1. The van der Waals surface area contributed by atoms with Crippen LogP contribution in [0.1, 0.15) is 31.8 Å². The first-order valence-electron chi connectivity index (χ1n) is 7.77. The fraction of sp³-hybridized carbons (Fsp3) is 0.211. The van der Waals surface area contributed by atoms with Crippen molar-refractivity contribution in [3.8, 4) is 0 Å². The molecule has 0 heterocycles. The van der Waals surface area contributed by atoms with E-state index in [-0.39, 0.29) is 29.5 Å². The van der Waals surface area contributed by atoms with E-state index < -0.39 is 11.9 Å². The first-order chi connectivity index (χ1) is 12.3. The first-order valence-corrected chi connectivity index (χ1v) is 8.53. The second kappa shape index (κ2) is 8.83. The van der Waals surface area contributed by atoms with Crippen molar-refractivity contribution in [1.82, 2.24) is 5.32 Å². The molecule has 136 valence electrons. The third-order valence-corrected chi connectivity index (χ3v) is 4.17. The van der Waals surface area contributed by atoms with Crippen molar-refractivity contribution >= 4 is 40.9 Å². The van der Waals surface area contributed by atoms with Crippen molar-refractivity contribution in [2.45, 2.75) is 13.8 Å². The maximum Gasteiger partial charge on any atom is 0.325 e. The number of hydrogen-bond donors (Lipinski definition) is 1. The molecule has 2 aromatic rings. The molecule has 0 aliphatic carbocycles. The molecule has 0 saturated carbocycles. The lowest BCUT2D eigenvalue weighted by molar-refractivity contribution is -0.141. The Morgan fingerprint density at radius 1 is 1.00 bits per heavy atom. The standard InChI is InChI=1S/C19H17Cl2NO4/c1-11-3-4-12(2)15(7-11)17(23)10-26-18(24)9-22-19(25)14-6-5-13(20)8-16(14)21/h3-8H,9-10H2,1-2H3,(H,22,25). The molecule has 0 radical (unpaired) electrons. The lowest BCUT2D eigenvalue weighted by Gasteiger charge is -2.09. The van der Waals surface area contributed by atoms with Gasteiger partial charge >= 0.3 is 5.97 Å². The van der Waals surface area contributed by atoms with Crippen LogP contribution in [0.15, 0.2) is 36.4 Å². The number of carbonyl (C=O) groups is 3. The Morgan fingerprint density at radius 3 is 2.42 bits per heavy atom. The molecule has 2 aromatic carbocycles. The summed E-state index contributed by atoms with van der Waals surface area (Å²) in [5.41, 5.74) is 2.45. The molecule has 1 N–H and O–H groups in total. The maximum absolute atomic E-state index is 12.2. The van der Waals surface area contributed by atoms with Crippen LogP contribution in [0.2, 0.25) is 10.0 Å². The summed E-state index contributed by atoms with van der Waals surface area (Å²) in [5.74, 6) is -1.56. The predicted molar refractivity (Wildman–Crippen MR) is 100 cm³/mol. The van der Waals surface area contributed by atoms with Gasteiger partial charge in [0.1, 0.15) is 6.54 Å². The molecular weight excluding hydrogens is 377 g/mol. The number of carbonyl (C=O) groups excluding carboxylic acids is 3. The van der Waals surface area contributed by atoms with Crippen molar-refractivity contribution in [2.75, 3.05) is 13.2 Å². The molecule has 0 bridgehead atoms. The van der Waals surface area contributed by atoms with E-state index in [2.05, 4.69) is 5.32 Å². The third kappa shape index (κ3) is 5.31. The quantitative estimate of drug-likeness (QED) is 0.598. The summed E-state index contributed by atoms with van der Waals surface area (Å²) in [7, 11) is 0. The van der Waals surface area contributed by atoms with Crippen molar-refractivity contribution in [2.24, 2.45) is 0 Å². The van der Waals surface area contributed by atoms with E-state index in [0.717, 1.165) is 11.1 Å². The van der Waals surface area contributed by atoms with Gasteiger partial charge in [-0.25, -0.2) is 0 Å². The molecule has 0 aromatic heterocycles. The van der Waals surface area contributed by atoms with Crippen LogP contribution in [0.5, 0.6) is 0 Å². The molecule has 2 rings (SSSR count). The fourth-order valence-electron chi connectivity index (χ4n) is 2.23. The molecule has 26 heavy (non-hydrogen) atoms. The van der Waals surface area contributed by atoms with Crippen molar-refractivity contribution < 1.29 is 19.1 Å². The van der Waals surface area contributed by atoms with E-state index in [4.69, 9.17) is 27.9 Å².